The highest BCUT2D eigenvalue weighted by atomic mass is 32.3. The van der Waals surface area contributed by atoms with Gasteiger partial charge in [0.2, 0.25) is 10.4 Å². The van der Waals surface area contributed by atoms with Crippen molar-refractivity contribution in [1.29, 1.82) is 0 Å². The molecule has 0 aliphatic carbocycles. The molecule has 2 N–H and O–H groups in total. The molecule has 148 valence electrons. The molecule has 0 aliphatic heterocycles. The molecule has 0 saturated carbocycles. The Morgan fingerprint density at radius 1 is 1.16 bits per heavy atom. The Labute approximate surface area is 152 Å². The molecule has 0 radical (unpaired) electrons. The molecular weight excluding hydrogens is 344 g/mol. The van der Waals surface area contributed by atoms with Gasteiger partial charge in [-0.15, -0.1) is 9.36 Å². The summed E-state index contributed by atoms with van der Waals surface area (Å²) in [5.74, 6) is 9.75. The van der Waals surface area contributed by atoms with Crippen LogP contribution >= 0.6 is 0 Å². The molecule has 0 fully saturated rings. The van der Waals surface area contributed by atoms with Crippen LogP contribution in [0.2, 0.25) is 0 Å². The molecule has 1 heterocycles. The van der Waals surface area contributed by atoms with Gasteiger partial charge in [0, 0.05) is 17.9 Å². The van der Waals surface area contributed by atoms with Gasteiger partial charge in [0.15, 0.2) is 0 Å². The highest BCUT2D eigenvalue weighted by molar-refractivity contribution is 7.80. The quantitative estimate of drug-likeness (QED) is 0.302. The third-order valence-corrected chi connectivity index (χ3v) is 4.07. The molecule has 1 aromatic heterocycles. The minimum Gasteiger partial charge on any atom is -0.726 e. The van der Waals surface area contributed by atoms with E-state index >= 15 is 0 Å². The number of nitrogens with two attached hydrogens (primary N) is 1. The van der Waals surface area contributed by atoms with Crippen molar-refractivity contribution in [1.82, 2.24) is 9.78 Å². The number of nitrogen functional groups attached to an aromatic ring is 1. The van der Waals surface area contributed by atoms with Crippen LogP contribution < -0.4 is 10.5 Å². The Kier molecular flexibility index (Phi) is 10.9. The summed E-state index contributed by atoms with van der Waals surface area (Å²) in [4.78, 5) is 0. The molecule has 1 aromatic rings. The van der Waals surface area contributed by atoms with E-state index in [2.05, 4.69) is 48.6 Å². The SMILES string of the molecule is CCOS(=O)(=O)[O-].CCn1nc(CCC(C)C)[n+](N)c1CCC(C)C. The fraction of sp³-hybridized carbons (Fsp3) is 0.875. The zero-order valence-corrected chi connectivity index (χ0v) is 17.2. The Hall–Kier alpha value is -1.19. The van der Waals surface area contributed by atoms with Gasteiger partial charge in [-0.1, -0.05) is 27.7 Å². The zero-order valence-electron chi connectivity index (χ0n) is 16.4. The predicted octanol–water partition coefficient (Wildman–Crippen LogP) is 1.56. The molecule has 0 saturated heterocycles. The van der Waals surface area contributed by atoms with Crippen LogP contribution in [0.5, 0.6) is 0 Å². The number of hydrogen-bond donors (Lipinski definition) is 1. The maximum absolute atomic E-state index is 9.45. The van der Waals surface area contributed by atoms with E-state index < -0.39 is 10.4 Å². The lowest BCUT2D eigenvalue weighted by molar-refractivity contribution is -0.656. The molecule has 1 rings (SSSR count). The van der Waals surface area contributed by atoms with E-state index in [9.17, 15) is 13.0 Å². The van der Waals surface area contributed by atoms with Gasteiger partial charge in [0.25, 0.3) is 11.6 Å². The second-order valence-electron chi connectivity index (χ2n) is 6.70. The standard InChI is InChI=1S/C14H29N4.C2H6O4S/c1-6-17-14(10-8-12(4)5)18(15)13(16-17)9-7-11(2)3;1-2-6-7(3,4)5/h11-12H,6-10,15H2,1-5H3;2H2,1H3,(H,3,4,5)/q+1;/p-1. The van der Waals surface area contributed by atoms with Crippen molar-refractivity contribution in [3.63, 3.8) is 0 Å². The van der Waals surface area contributed by atoms with Crippen molar-refractivity contribution in [3.05, 3.63) is 11.6 Å². The first kappa shape index (κ1) is 23.8. The summed E-state index contributed by atoms with van der Waals surface area (Å²) in [6.45, 7) is 13.3. The average molecular weight is 379 g/mol. The van der Waals surface area contributed by atoms with Crippen molar-refractivity contribution >= 4 is 10.4 Å². The minimum atomic E-state index is -4.42. The molecule has 9 heteroatoms. The summed E-state index contributed by atoms with van der Waals surface area (Å²) >= 11 is 0. The van der Waals surface area contributed by atoms with E-state index in [4.69, 9.17) is 5.84 Å². The second kappa shape index (κ2) is 11.4. The van der Waals surface area contributed by atoms with Gasteiger partial charge in [-0.3, -0.25) is 10.0 Å². The van der Waals surface area contributed by atoms with Crippen molar-refractivity contribution in [2.24, 2.45) is 11.8 Å². The molecule has 0 atom stereocenters. The van der Waals surface area contributed by atoms with Gasteiger partial charge in [-0.05, 0) is 38.5 Å². The van der Waals surface area contributed by atoms with Crippen molar-refractivity contribution < 1.29 is 21.8 Å². The van der Waals surface area contributed by atoms with Gasteiger partial charge in [0.05, 0.1) is 6.61 Å². The van der Waals surface area contributed by atoms with Crippen LogP contribution in [0.15, 0.2) is 0 Å². The topological polar surface area (TPSA) is 114 Å². The lowest BCUT2D eigenvalue weighted by atomic mass is 10.1. The van der Waals surface area contributed by atoms with E-state index in [0.717, 1.165) is 43.9 Å². The lowest BCUT2D eigenvalue weighted by Gasteiger charge is -2.03. The fourth-order valence-corrected chi connectivity index (χ4v) is 2.46. The highest BCUT2D eigenvalue weighted by Gasteiger charge is 2.23. The van der Waals surface area contributed by atoms with Crippen molar-refractivity contribution in [3.8, 4) is 0 Å². The molecule has 0 amide bonds. The summed E-state index contributed by atoms with van der Waals surface area (Å²) in [5, 5.41) is 4.63. The maximum atomic E-state index is 9.45. The van der Waals surface area contributed by atoms with E-state index in [1.54, 1.807) is 0 Å². The van der Waals surface area contributed by atoms with Crippen LogP contribution in [-0.2, 0) is 34.0 Å². The van der Waals surface area contributed by atoms with Crippen LogP contribution in [-0.4, -0.2) is 29.4 Å². The molecule has 0 unspecified atom stereocenters. The first-order chi connectivity index (χ1) is 11.5. The second-order valence-corrected chi connectivity index (χ2v) is 7.75. The molecular formula is C16H34N4O4S. The summed E-state index contributed by atoms with van der Waals surface area (Å²) in [7, 11) is -4.42. The van der Waals surface area contributed by atoms with Crippen LogP contribution in [0.25, 0.3) is 0 Å². The Morgan fingerprint density at radius 2 is 1.68 bits per heavy atom. The summed E-state index contributed by atoms with van der Waals surface area (Å²) in [6.07, 6.45) is 4.28. The van der Waals surface area contributed by atoms with Gasteiger partial charge in [0.1, 0.15) is 6.54 Å². The third-order valence-electron chi connectivity index (χ3n) is 3.54. The van der Waals surface area contributed by atoms with Crippen LogP contribution in [0, 0.1) is 11.8 Å². The van der Waals surface area contributed by atoms with Gasteiger partial charge < -0.3 is 4.55 Å². The summed E-state index contributed by atoms with van der Waals surface area (Å²) in [5.41, 5.74) is 0. The van der Waals surface area contributed by atoms with E-state index in [-0.39, 0.29) is 6.61 Å². The average Bonchev–Trinajstić information content (AvgIpc) is 2.78. The number of hydrogen-bond acceptors (Lipinski definition) is 6. The van der Waals surface area contributed by atoms with Crippen LogP contribution in [0.1, 0.15) is 66.0 Å². The predicted molar refractivity (Wildman–Crippen MR) is 95.9 cm³/mol. The lowest BCUT2D eigenvalue weighted by Crippen LogP contribution is -2.50. The van der Waals surface area contributed by atoms with E-state index in [1.807, 2.05) is 4.68 Å². The number of aryl methyl sites for hydroxylation is 2. The summed E-state index contributed by atoms with van der Waals surface area (Å²) in [6, 6.07) is 0. The largest absolute Gasteiger partial charge is 0.726 e. The normalized spacial score (nSPS) is 11.7. The number of rotatable bonds is 9. The van der Waals surface area contributed by atoms with Gasteiger partial charge >= 0.3 is 0 Å². The van der Waals surface area contributed by atoms with E-state index in [1.165, 1.54) is 6.92 Å². The van der Waals surface area contributed by atoms with Crippen LogP contribution in [0.4, 0.5) is 0 Å². The first-order valence-electron chi connectivity index (χ1n) is 8.87. The van der Waals surface area contributed by atoms with E-state index in [0.29, 0.717) is 11.8 Å². The fourth-order valence-electron chi connectivity index (χ4n) is 2.17. The molecule has 8 nitrogen and oxygen atoms in total. The molecule has 0 spiro atoms. The molecule has 0 aromatic carbocycles. The zero-order chi connectivity index (χ0) is 19.6. The summed E-state index contributed by atoms with van der Waals surface area (Å²) < 4.78 is 35.9. The maximum Gasteiger partial charge on any atom is 0.299 e. The number of aromatic nitrogens is 3. The third kappa shape index (κ3) is 10.4. The first-order valence-corrected chi connectivity index (χ1v) is 10.2. The molecule has 25 heavy (non-hydrogen) atoms. The smallest absolute Gasteiger partial charge is 0.299 e. The number of nitrogens with zero attached hydrogens (tertiary/aromatic N) is 3. The Morgan fingerprint density at radius 3 is 2.04 bits per heavy atom. The molecule has 0 aliphatic rings. The van der Waals surface area contributed by atoms with Crippen LogP contribution in [0.3, 0.4) is 0 Å². The van der Waals surface area contributed by atoms with Gasteiger partial charge in [-0.2, -0.15) is 0 Å². The Balaban J connectivity index is 0.000000697. The highest BCUT2D eigenvalue weighted by Crippen LogP contribution is 2.08. The van der Waals surface area contributed by atoms with Crippen molar-refractivity contribution in [2.45, 2.75) is 73.8 Å². The van der Waals surface area contributed by atoms with Gasteiger partial charge in [-0.25, -0.2) is 8.42 Å². The Bertz CT molecular complexity index is 598. The monoisotopic (exact) mass is 378 g/mol. The minimum absolute atomic E-state index is 0.0914. The molecule has 0 bridgehead atoms. The van der Waals surface area contributed by atoms with Crippen molar-refractivity contribution in [2.75, 3.05) is 12.4 Å².